The third-order valence-corrected chi connectivity index (χ3v) is 4.85. The molecule has 0 aliphatic carbocycles. The number of amides is 1. The standard InChI is InChI=1S/C14H20BrNO4S/c1-8(12(7-17)21-4)16-14(18)10-5-9(19-2)6-11(15)13(10)20-3/h5-6,8,12,17H,7H2,1-4H3,(H,16,18). The molecule has 0 heterocycles. The third kappa shape index (κ3) is 4.52. The molecule has 21 heavy (non-hydrogen) atoms. The van der Waals surface area contributed by atoms with Gasteiger partial charge in [0.25, 0.3) is 5.91 Å². The van der Waals surface area contributed by atoms with Crippen LogP contribution in [0.25, 0.3) is 0 Å². The van der Waals surface area contributed by atoms with Crippen molar-refractivity contribution < 1.29 is 19.4 Å². The fourth-order valence-electron chi connectivity index (χ4n) is 1.88. The van der Waals surface area contributed by atoms with E-state index >= 15 is 0 Å². The Morgan fingerprint density at radius 3 is 2.57 bits per heavy atom. The summed E-state index contributed by atoms with van der Waals surface area (Å²) < 4.78 is 11.1. The van der Waals surface area contributed by atoms with E-state index in [1.807, 2.05) is 13.2 Å². The number of aliphatic hydroxyl groups excluding tert-OH is 1. The molecular formula is C14H20BrNO4S. The molecule has 0 fully saturated rings. The molecule has 0 bridgehead atoms. The Morgan fingerprint density at radius 1 is 1.43 bits per heavy atom. The first-order valence-electron chi connectivity index (χ1n) is 6.34. The number of nitrogens with one attached hydrogen (secondary N) is 1. The van der Waals surface area contributed by atoms with E-state index in [0.717, 1.165) is 0 Å². The molecule has 1 aromatic rings. The quantitative estimate of drug-likeness (QED) is 0.762. The monoisotopic (exact) mass is 377 g/mol. The van der Waals surface area contributed by atoms with Crippen molar-refractivity contribution >= 4 is 33.6 Å². The number of ether oxygens (including phenoxy) is 2. The lowest BCUT2D eigenvalue weighted by molar-refractivity contribution is 0.0932. The number of hydrogen-bond donors (Lipinski definition) is 2. The average Bonchev–Trinajstić information content (AvgIpc) is 2.47. The fourth-order valence-corrected chi connectivity index (χ4v) is 3.10. The molecule has 0 radical (unpaired) electrons. The number of methoxy groups -OCH3 is 2. The van der Waals surface area contributed by atoms with Crippen LogP contribution in [0.1, 0.15) is 17.3 Å². The third-order valence-electron chi connectivity index (χ3n) is 3.10. The number of halogens is 1. The first kappa shape index (κ1) is 18.1. The van der Waals surface area contributed by atoms with Crippen molar-refractivity contribution in [2.24, 2.45) is 0 Å². The second-order valence-corrected chi connectivity index (χ2v) is 6.34. The molecule has 7 heteroatoms. The zero-order chi connectivity index (χ0) is 16.0. The SMILES string of the molecule is COc1cc(Br)c(OC)c(C(=O)NC(C)C(CO)SC)c1. The molecule has 0 spiro atoms. The summed E-state index contributed by atoms with van der Waals surface area (Å²) in [5, 5.41) is 12.1. The topological polar surface area (TPSA) is 67.8 Å². The van der Waals surface area contributed by atoms with Crippen LogP contribution in [0.5, 0.6) is 11.5 Å². The second-order valence-electron chi connectivity index (χ2n) is 4.41. The van der Waals surface area contributed by atoms with Gasteiger partial charge in [-0.15, -0.1) is 0 Å². The van der Waals surface area contributed by atoms with Gasteiger partial charge in [0.1, 0.15) is 11.5 Å². The number of carbonyl (C=O) groups excluding carboxylic acids is 1. The number of hydrogen-bond acceptors (Lipinski definition) is 5. The van der Waals surface area contributed by atoms with E-state index in [4.69, 9.17) is 9.47 Å². The van der Waals surface area contributed by atoms with Crippen molar-refractivity contribution in [1.82, 2.24) is 5.32 Å². The summed E-state index contributed by atoms with van der Waals surface area (Å²) >= 11 is 4.87. The van der Waals surface area contributed by atoms with E-state index in [0.29, 0.717) is 21.5 Å². The van der Waals surface area contributed by atoms with Crippen LogP contribution in [0.2, 0.25) is 0 Å². The minimum absolute atomic E-state index is 0.00154. The number of thioether (sulfide) groups is 1. The minimum atomic E-state index is -0.272. The highest BCUT2D eigenvalue weighted by atomic mass is 79.9. The molecule has 0 aromatic heterocycles. The van der Waals surface area contributed by atoms with Crippen molar-refractivity contribution in [3.05, 3.63) is 22.2 Å². The van der Waals surface area contributed by atoms with E-state index in [1.165, 1.54) is 26.0 Å². The predicted octanol–water partition coefficient (Wildman–Crippen LogP) is 2.31. The molecule has 1 amide bonds. The lowest BCUT2D eigenvalue weighted by Crippen LogP contribution is -2.41. The van der Waals surface area contributed by atoms with Gasteiger partial charge in [0.2, 0.25) is 0 Å². The normalized spacial score (nSPS) is 13.4. The number of aliphatic hydroxyl groups is 1. The van der Waals surface area contributed by atoms with Crippen molar-refractivity contribution in [1.29, 1.82) is 0 Å². The van der Waals surface area contributed by atoms with Gasteiger partial charge in [-0.3, -0.25) is 4.79 Å². The van der Waals surface area contributed by atoms with E-state index in [9.17, 15) is 9.90 Å². The fraction of sp³-hybridized carbons (Fsp3) is 0.500. The second kappa shape index (κ2) is 8.51. The van der Waals surface area contributed by atoms with Crippen molar-refractivity contribution in [2.45, 2.75) is 18.2 Å². The van der Waals surface area contributed by atoms with Crippen LogP contribution < -0.4 is 14.8 Å². The van der Waals surface area contributed by atoms with Gasteiger partial charge in [-0.05, 0) is 41.2 Å². The van der Waals surface area contributed by atoms with E-state index in [2.05, 4.69) is 21.2 Å². The zero-order valence-electron chi connectivity index (χ0n) is 12.5. The summed E-state index contributed by atoms with van der Waals surface area (Å²) in [5.74, 6) is 0.737. The lowest BCUT2D eigenvalue weighted by Gasteiger charge is -2.22. The van der Waals surface area contributed by atoms with Crippen LogP contribution >= 0.6 is 27.7 Å². The maximum atomic E-state index is 12.4. The Bertz CT molecular complexity index is 494. The number of rotatable bonds is 7. The van der Waals surface area contributed by atoms with Crippen molar-refractivity contribution in [2.75, 3.05) is 27.1 Å². The summed E-state index contributed by atoms with van der Waals surface area (Å²) in [6.45, 7) is 1.86. The highest BCUT2D eigenvalue weighted by Crippen LogP contribution is 2.33. The maximum Gasteiger partial charge on any atom is 0.255 e. The van der Waals surface area contributed by atoms with Crippen LogP contribution in [0, 0.1) is 0 Å². The van der Waals surface area contributed by atoms with Gasteiger partial charge >= 0.3 is 0 Å². The first-order valence-corrected chi connectivity index (χ1v) is 8.42. The number of carbonyl (C=O) groups is 1. The molecular weight excluding hydrogens is 358 g/mol. The molecule has 5 nitrogen and oxygen atoms in total. The Hall–Kier alpha value is -0.920. The lowest BCUT2D eigenvalue weighted by atomic mass is 10.1. The molecule has 0 aliphatic rings. The molecule has 0 saturated carbocycles. The van der Waals surface area contributed by atoms with Gasteiger partial charge < -0.3 is 19.9 Å². The largest absolute Gasteiger partial charge is 0.497 e. The maximum absolute atomic E-state index is 12.4. The summed E-state index contributed by atoms with van der Waals surface area (Å²) in [7, 11) is 3.04. The predicted molar refractivity (Wildman–Crippen MR) is 88.6 cm³/mol. The van der Waals surface area contributed by atoms with Gasteiger partial charge in [-0.25, -0.2) is 0 Å². The highest BCUT2D eigenvalue weighted by molar-refractivity contribution is 9.10. The van der Waals surface area contributed by atoms with E-state index in [-0.39, 0.29) is 23.8 Å². The van der Waals surface area contributed by atoms with Gasteiger partial charge in [-0.2, -0.15) is 11.8 Å². The summed E-state index contributed by atoms with van der Waals surface area (Å²) in [5.41, 5.74) is 0.383. The van der Waals surface area contributed by atoms with Gasteiger partial charge in [0, 0.05) is 11.3 Å². The van der Waals surface area contributed by atoms with Crippen LogP contribution in [0.15, 0.2) is 16.6 Å². The zero-order valence-corrected chi connectivity index (χ0v) is 14.9. The Balaban J connectivity index is 3.03. The Labute approximate surface area is 137 Å². The molecule has 0 saturated heterocycles. The molecule has 2 unspecified atom stereocenters. The molecule has 1 aromatic carbocycles. The van der Waals surface area contributed by atoms with Gasteiger partial charge in [0.05, 0.1) is 30.9 Å². The first-order chi connectivity index (χ1) is 9.98. The molecule has 0 aliphatic heterocycles. The molecule has 1 rings (SSSR count). The summed E-state index contributed by atoms with van der Waals surface area (Å²) in [6.07, 6.45) is 1.90. The highest BCUT2D eigenvalue weighted by Gasteiger charge is 2.22. The van der Waals surface area contributed by atoms with Crippen LogP contribution in [0.3, 0.4) is 0 Å². The van der Waals surface area contributed by atoms with E-state index in [1.54, 1.807) is 12.1 Å². The van der Waals surface area contributed by atoms with Crippen LogP contribution in [-0.2, 0) is 0 Å². The van der Waals surface area contributed by atoms with E-state index < -0.39 is 0 Å². The molecule has 2 atom stereocenters. The minimum Gasteiger partial charge on any atom is -0.497 e. The molecule has 2 N–H and O–H groups in total. The Morgan fingerprint density at radius 2 is 2.10 bits per heavy atom. The van der Waals surface area contributed by atoms with Crippen LogP contribution in [-0.4, -0.2) is 49.4 Å². The van der Waals surface area contributed by atoms with Crippen molar-refractivity contribution in [3.63, 3.8) is 0 Å². The number of benzene rings is 1. The smallest absolute Gasteiger partial charge is 0.255 e. The van der Waals surface area contributed by atoms with Crippen LogP contribution in [0.4, 0.5) is 0 Å². The summed E-state index contributed by atoms with van der Waals surface area (Å²) in [4.78, 5) is 12.4. The van der Waals surface area contributed by atoms with Crippen molar-refractivity contribution in [3.8, 4) is 11.5 Å². The van der Waals surface area contributed by atoms with Gasteiger partial charge in [-0.1, -0.05) is 0 Å². The van der Waals surface area contributed by atoms with Gasteiger partial charge in [0.15, 0.2) is 0 Å². The summed E-state index contributed by atoms with van der Waals surface area (Å²) in [6, 6.07) is 3.18. The molecule has 118 valence electrons. The average molecular weight is 378 g/mol. The Kier molecular flexibility index (Phi) is 7.34.